The first-order chi connectivity index (χ1) is 8.08. The third kappa shape index (κ3) is 2.65. The lowest BCUT2D eigenvalue weighted by Gasteiger charge is -2.08. The van der Waals surface area contributed by atoms with Gasteiger partial charge in [0.15, 0.2) is 0 Å². The lowest BCUT2D eigenvalue weighted by atomic mass is 10.1. The topological polar surface area (TPSA) is 50.9 Å². The minimum Gasteiger partial charge on any atom is -0.386 e. The molecule has 1 unspecified atom stereocenters. The summed E-state index contributed by atoms with van der Waals surface area (Å²) in [7, 11) is 1.85. The third-order valence-electron chi connectivity index (χ3n) is 2.74. The molecule has 0 fully saturated rings. The van der Waals surface area contributed by atoms with Crippen LogP contribution in [0.25, 0.3) is 0 Å². The highest BCUT2D eigenvalue weighted by molar-refractivity contribution is 6.31. The van der Waals surface area contributed by atoms with Crippen LogP contribution in [0.4, 0.5) is 0 Å². The van der Waals surface area contributed by atoms with Crippen LogP contribution in [0.1, 0.15) is 23.1 Å². The van der Waals surface area contributed by atoms with Crippen molar-refractivity contribution in [2.24, 2.45) is 7.05 Å². The standard InChI is InChI=1S/C12H14ClN3O/c1-8-5-11(15-16(8)2)12(17)6-9-3-4-14-7-10(9)13/h3-5,7,12,17H,6H2,1-2H3. The molecule has 0 aliphatic heterocycles. The molecule has 17 heavy (non-hydrogen) atoms. The Morgan fingerprint density at radius 2 is 2.29 bits per heavy atom. The maximum atomic E-state index is 10.1. The molecule has 1 N–H and O–H groups in total. The summed E-state index contributed by atoms with van der Waals surface area (Å²) in [5.41, 5.74) is 2.55. The Morgan fingerprint density at radius 1 is 1.53 bits per heavy atom. The Kier molecular flexibility index (Phi) is 3.45. The van der Waals surface area contributed by atoms with Crippen LogP contribution in [0.3, 0.4) is 0 Å². The van der Waals surface area contributed by atoms with Gasteiger partial charge < -0.3 is 5.11 Å². The summed E-state index contributed by atoms with van der Waals surface area (Å²) < 4.78 is 1.74. The Hall–Kier alpha value is -1.39. The molecule has 0 saturated heterocycles. The number of hydrogen-bond acceptors (Lipinski definition) is 3. The average Bonchev–Trinajstić information content (AvgIpc) is 2.63. The van der Waals surface area contributed by atoms with E-state index in [1.165, 1.54) is 0 Å². The Morgan fingerprint density at radius 3 is 2.88 bits per heavy atom. The van der Waals surface area contributed by atoms with Gasteiger partial charge in [-0.3, -0.25) is 9.67 Å². The van der Waals surface area contributed by atoms with Crippen molar-refractivity contribution in [2.45, 2.75) is 19.4 Å². The van der Waals surface area contributed by atoms with Gasteiger partial charge in [-0.05, 0) is 24.6 Å². The summed E-state index contributed by atoms with van der Waals surface area (Å²) in [5, 5.41) is 14.9. The van der Waals surface area contributed by atoms with Crippen molar-refractivity contribution in [1.82, 2.24) is 14.8 Å². The maximum Gasteiger partial charge on any atom is 0.102 e. The Bertz CT molecular complexity index is 505. The second kappa shape index (κ2) is 4.85. The molecule has 2 aromatic rings. The first kappa shape index (κ1) is 12.1. The van der Waals surface area contributed by atoms with E-state index in [1.54, 1.807) is 23.1 Å². The van der Waals surface area contributed by atoms with Gasteiger partial charge in [0, 0.05) is 31.6 Å². The van der Waals surface area contributed by atoms with Crippen molar-refractivity contribution in [2.75, 3.05) is 0 Å². The van der Waals surface area contributed by atoms with E-state index in [4.69, 9.17) is 11.6 Å². The number of halogens is 1. The fraction of sp³-hybridized carbons (Fsp3) is 0.333. The third-order valence-corrected chi connectivity index (χ3v) is 3.08. The van der Waals surface area contributed by atoms with Crippen LogP contribution in [-0.2, 0) is 13.5 Å². The molecule has 2 rings (SSSR count). The van der Waals surface area contributed by atoms with Crippen LogP contribution < -0.4 is 0 Å². The van der Waals surface area contributed by atoms with E-state index in [-0.39, 0.29) is 0 Å². The van der Waals surface area contributed by atoms with Gasteiger partial charge in [-0.25, -0.2) is 0 Å². The number of nitrogens with zero attached hydrogens (tertiary/aromatic N) is 3. The zero-order valence-electron chi connectivity index (χ0n) is 9.76. The zero-order valence-corrected chi connectivity index (χ0v) is 10.5. The number of aliphatic hydroxyl groups is 1. The molecule has 0 aliphatic rings. The number of aromatic nitrogens is 3. The van der Waals surface area contributed by atoms with Crippen molar-refractivity contribution in [3.8, 4) is 0 Å². The highest BCUT2D eigenvalue weighted by atomic mass is 35.5. The number of pyridine rings is 1. The summed E-state index contributed by atoms with van der Waals surface area (Å²) in [6, 6.07) is 3.68. The molecule has 5 heteroatoms. The molecule has 0 bridgehead atoms. The number of aryl methyl sites for hydroxylation is 2. The van der Waals surface area contributed by atoms with Crippen LogP contribution in [0.15, 0.2) is 24.5 Å². The zero-order chi connectivity index (χ0) is 12.4. The predicted molar refractivity (Wildman–Crippen MR) is 65.9 cm³/mol. The molecule has 0 spiro atoms. The fourth-order valence-electron chi connectivity index (χ4n) is 1.63. The van der Waals surface area contributed by atoms with E-state index in [9.17, 15) is 5.11 Å². The van der Waals surface area contributed by atoms with Crippen molar-refractivity contribution in [1.29, 1.82) is 0 Å². The molecular formula is C12H14ClN3O. The average molecular weight is 252 g/mol. The Balaban J connectivity index is 2.17. The highest BCUT2D eigenvalue weighted by Crippen LogP contribution is 2.22. The van der Waals surface area contributed by atoms with Crippen molar-refractivity contribution in [3.05, 3.63) is 46.5 Å². The molecule has 2 aromatic heterocycles. The second-order valence-electron chi connectivity index (χ2n) is 4.02. The monoisotopic (exact) mass is 251 g/mol. The van der Waals surface area contributed by atoms with Crippen LogP contribution in [0, 0.1) is 6.92 Å². The minimum atomic E-state index is -0.644. The van der Waals surface area contributed by atoms with Gasteiger partial charge in [0.25, 0.3) is 0 Å². The van der Waals surface area contributed by atoms with E-state index in [0.29, 0.717) is 17.1 Å². The molecule has 0 aromatic carbocycles. The summed E-state index contributed by atoms with van der Waals surface area (Å²) in [6.45, 7) is 1.95. The molecule has 1 atom stereocenters. The predicted octanol–water partition coefficient (Wildman–Crippen LogP) is 2.05. The summed E-state index contributed by atoms with van der Waals surface area (Å²) in [6.07, 6.45) is 3.04. The van der Waals surface area contributed by atoms with Gasteiger partial charge in [-0.1, -0.05) is 11.6 Å². The molecule has 2 heterocycles. The quantitative estimate of drug-likeness (QED) is 0.908. The second-order valence-corrected chi connectivity index (χ2v) is 4.43. The van der Waals surface area contributed by atoms with E-state index in [2.05, 4.69) is 10.1 Å². The lowest BCUT2D eigenvalue weighted by Crippen LogP contribution is -2.04. The van der Waals surface area contributed by atoms with Gasteiger partial charge in [0.1, 0.15) is 6.10 Å². The lowest BCUT2D eigenvalue weighted by molar-refractivity contribution is 0.173. The molecule has 0 radical (unpaired) electrons. The first-order valence-corrected chi connectivity index (χ1v) is 5.72. The van der Waals surface area contributed by atoms with E-state index in [0.717, 1.165) is 11.3 Å². The normalized spacial score (nSPS) is 12.7. The molecule has 0 aliphatic carbocycles. The van der Waals surface area contributed by atoms with Crippen LogP contribution in [-0.4, -0.2) is 19.9 Å². The molecule has 90 valence electrons. The van der Waals surface area contributed by atoms with Crippen LogP contribution in [0.2, 0.25) is 5.02 Å². The van der Waals surface area contributed by atoms with Gasteiger partial charge in [0.2, 0.25) is 0 Å². The highest BCUT2D eigenvalue weighted by Gasteiger charge is 2.14. The summed E-state index contributed by atoms with van der Waals surface area (Å²) in [5.74, 6) is 0. The number of hydrogen-bond donors (Lipinski definition) is 1. The summed E-state index contributed by atoms with van der Waals surface area (Å²) >= 11 is 5.99. The molecule has 0 amide bonds. The van der Waals surface area contributed by atoms with Gasteiger partial charge in [-0.2, -0.15) is 5.10 Å². The summed E-state index contributed by atoms with van der Waals surface area (Å²) in [4.78, 5) is 3.91. The molecule has 4 nitrogen and oxygen atoms in total. The van der Waals surface area contributed by atoms with Gasteiger partial charge >= 0.3 is 0 Å². The van der Waals surface area contributed by atoms with Crippen molar-refractivity contribution in [3.63, 3.8) is 0 Å². The van der Waals surface area contributed by atoms with Gasteiger partial charge in [0.05, 0.1) is 10.7 Å². The van der Waals surface area contributed by atoms with E-state index >= 15 is 0 Å². The van der Waals surface area contributed by atoms with Crippen LogP contribution in [0.5, 0.6) is 0 Å². The van der Waals surface area contributed by atoms with Gasteiger partial charge in [-0.15, -0.1) is 0 Å². The maximum absolute atomic E-state index is 10.1. The van der Waals surface area contributed by atoms with E-state index in [1.807, 2.05) is 20.0 Å². The Labute approximate surface area is 105 Å². The minimum absolute atomic E-state index is 0.442. The first-order valence-electron chi connectivity index (χ1n) is 5.35. The van der Waals surface area contributed by atoms with Crippen LogP contribution >= 0.6 is 11.6 Å². The molecular weight excluding hydrogens is 238 g/mol. The molecule has 0 saturated carbocycles. The fourth-order valence-corrected chi connectivity index (χ4v) is 1.83. The number of aliphatic hydroxyl groups excluding tert-OH is 1. The van der Waals surface area contributed by atoms with E-state index < -0.39 is 6.10 Å². The smallest absolute Gasteiger partial charge is 0.102 e. The van der Waals surface area contributed by atoms with Crippen molar-refractivity contribution >= 4 is 11.6 Å². The number of rotatable bonds is 3. The largest absolute Gasteiger partial charge is 0.386 e. The van der Waals surface area contributed by atoms with Crippen molar-refractivity contribution < 1.29 is 5.11 Å². The SMILES string of the molecule is Cc1cc(C(O)Cc2ccncc2Cl)nn1C.